The van der Waals surface area contributed by atoms with Gasteiger partial charge < -0.3 is 0 Å². The molecule has 7 heteroatoms. The summed E-state index contributed by atoms with van der Waals surface area (Å²) in [6.45, 7) is 0. The third-order valence-corrected chi connectivity index (χ3v) is 8.52. The Morgan fingerprint density at radius 2 is 1.12 bits per heavy atom. The Bertz CT molecular complexity index is 140. The number of thioether (sulfide) groups is 3. The fourth-order valence-corrected chi connectivity index (χ4v) is 6.28. The zero-order chi connectivity index (χ0) is 12.9. The van der Waals surface area contributed by atoms with Crippen molar-refractivity contribution in [2.24, 2.45) is 0 Å². The first-order valence-corrected chi connectivity index (χ1v) is 11.3. The van der Waals surface area contributed by atoms with Gasteiger partial charge in [0.05, 0.1) is 0 Å². The summed E-state index contributed by atoms with van der Waals surface area (Å²) < 4.78 is 0. The van der Waals surface area contributed by atoms with Crippen LogP contribution in [-0.4, -0.2) is 56.5 Å². The van der Waals surface area contributed by atoms with Crippen molar-refractivity contribution in [3.05, 3.63) is 0 Å². The van der Waals surface area contributed by atoms with Gasteiger partial charge in [-0.15, -0.1) is 0 Å². The molecule has 0 radical (unpaired) electrons. The van der Waals surface area contributed by atoms with Crippen LogP contribution < -0.4 is 0 Å². The summed E-state index contributed by atoms with van der Waals surface area (Å²) in [6, 6.07) is 0. The van der Waals surface area contributed by atoms with E-state index in [0.29, 0.717) is 10.5 Å². The fourth-order valence-electron chi connectivity index (χ4n) is 1.08. The Morgan fingerprint density at radius 3 is 1.41 bits per heavy atom. The molecule has 0 aromatic heterocycles. The van der Waals surface area contributed by atoms with Crippen molar-refractivity contribution in [1.29, 1.82) is 0 Å². The lowest BCUT2D eigenvalue weighted by atomic mass is 10.5. The number of rotatable bonds is 12. The number of thiol groups is 4. The number of hydrogen-bond donors (Lipinski definition) is 4. The fraction of sp³-hybridized carbons (Fsp3) is 1.00. The van der Waals surface area contributed by atoms with E-state index in [0.717, 1.165) is 34.5 Å². The zero-order valence-electron chi connectivity index (χ0n) is 9.83. The van der Waals surface area contributed by atoms with Crippen LogP contribution in [0.25, 0.3) is 0 Å². The Labute approximate surface area is 141 Å². The number of hydrogen-bond acceptors (Lipinski definition) is 7. The average Bonchev–Trinajstić information content (AvgIpc) is 2.37. The van der Waals surface area contributed by atoms with Gasteiger partial charge in [0.2, 0.25) is 0 Å². The van der Waals surface area contributed by atoms with Crippen molar-refractivity contribution in [2.75, 3.05) is 46.0 Å². The second kappa shape index (κ2) is 14.9. The van der Waals surface area contributed by atoms with Gasteiger partial charge in [-0.25, -0.2) is 0 Å². The van der Waals surface area contributed by atoms with Crippen molar-refractivity contribution < 1.29 is 0 Å². The first-order chi connectivity index (χ1) is 8.28. The summed E-state index contributed by atoms with van der Waals surface area (Å²) in [5.74, 6) is 8.45. The molecule has 0 heterocycles. The van der Waals surface area contributed by atoms with Gasteiger partial charge in [0.15, 0.2) is 0 Å². The minimum Gasteiger partial charge on any atom is -0.179 e. The second-order valence-corrected chi connectivity index (χ2v) is 8.85. The van der Waals surface area contributed by atoms with E-state index in [9.17, 15) is 0 Å². The largest absolute Gasteiger partial charge is 0.179 e. The molecular formula is C10H22S7. The van der Waals surface area contributed by atoms with E-state index in [1.807, 2.05) is 35.3 Å². The highest BCUT2D eigenvalue weighted by molar-refractivity contribution is 8.05. The lowest BCUT2D eigenvalue weighted by molar-refractivity contribution is 1.12. The Balaban J connectivity index is 3.61. The minimum atomic E-state index is 0.658. The molecule has 17 heavy (non-hydrogen) atoms. The molecule has 0 aromatic carbocycles. The van der Waals surface area contributed by atoms with Crippen LogP contribution in [0.1, 0.15) is 0 Å². The third kappa shape index (κ3) is 11.9. The molecule has 0 saturated carbocycles. The topological polar surface area (TPSA) is 0 Å². The summed E-state index contributed by atoms with van der Waals surface area (Å²) in [5, 5.41) is 1.32. The van der Waals surface area contributed by atoms with Gasteiger partial charge in [-0.05, 0) is 11.5 Å². The van der Waals surface area contributed by atoms with Crippen LogP contribution in [0.2, 0.25) is 0 Å². The van der Waals surface area contributed by atoms with Crippen LogP contribution in [0, 0.1) is 0 Å². The van der Waals surface area contributed by atoms with Crippen molar-refractivity contribution >= 4 is 85.8 Å². The lowest BCUT2D eigenvalue weighted by Gasteiger charge is -2.16. The molecule has 0 bridgehead atoms. The van der Waals surface area contributed by atoms with E-state index in [2.05, 4.69) is 50.5 Å². The predicted octanol–water partition coefficient (Wildman–Crippen LogP) is 3.64. The summed E-state index contributed by atoms with van der Waals surface area (Å²) in [4.78, 5) is 0. The monoisotopic (exact) mass is 366 g/mol. The molecule has 0 rings (SSSR count). The van der Waals surface area contributed by atoms with E-state index >= 15 is 0 Å². The van der Waals surface area contributed by atoms with Gasteiger partial charge in [-0.2, -0.15) is 85.8 Å². The molecule has 0 aliphatic heterocycles. The van der Waals surface area contributed by atoms with Gasteiger partial charge in [0.1, 0.15) is 0 Å². The van der Waals surface area contributed by atoms with Crippen molar-refractivity contribution in [3.8, 4) is 0 Å². The average molecular weight is 367 g/mol. The van der Waals surface area contributed by atoms with Gasteiger partial charge in [-0.3, -0.25) is 0 Å². The summed E-state index contributed by atoms with van der Waals surface area (Å²) in [5.41, 5.74) is 0. The highest BCUT2D eigenvalue weighted by Crippen LogP contribution is 2.22. The van der Waals surface area contributed by atoms with Crippen LogP contribution in [0.3, 0.4) is 0 Å². The van der Waals surface area contributed by atoms with Gasteiger partial charge in [0, 0.05) is 45.0 Å². The molecule has 0 fully saturated rings. The molecule has 0 aromatic rings. The predicted molar refractivity (Wildman–Crippen MR) is 105 cm³/mol. The maximum Gasteiger partial charge on any atom is 0.0226 e. The van der Waals surface area contributed by atoms with Crippen molar-refractivity contribution in [2.45, 2.75) is 10.5 Å². The van der Waals surface area contributed by atoms with Crippen molar-refractivity contribution in [3.63, 3.8) is 0 Å². The maximum atomic E-state index is 4.40. The van der Waals surface area contributed by atoms with Crippen LogP contribution in [0.15, 0.2) is 0 Å². The van der Waals surface area contributed by atoms with Crippen LogP contribution in [-0.2, 0) is 0 Å². The van der Waals surface area contributed by atoms with E-state index in [-0.39, 0.29) is 0 Å². The SMILES string of the molecule is SCCSC(CS)CSCC(CS)SCCS. The molecule has 2 atom stereocenters. The summed E-state index contributed by atoms with van der Waals surface area (Å²) in [7, 11) is 0. The quantitative estimate of drug-likeness (QED) is 0.390. The second-order valence-electron chi connectivity index (χ2n) is 3.34. The first kappa shape index (κ1) is 19.4. The van der Waals surface area contributed by atoms with Crippen LogP contribution >= 0.6 is 85.8 Å². The Morgan fingerprint density at radius 1 is 0.706 bits per heavy atom. The normalized spacial score (nSPS) is 14.8. The molecule has 0 N–H and O–H groups in total. The third-order valence-electron chi connectivity index (χ3n) is 1.90. The van der Waals surface area contributed by atoms with Crippen LogP contribution in [0.4, 0.5) is 0 Å². The summed E-state index contributed by atoms with van der Waals surface area (Å²) >= 11 is 23.3. The molecule has 2 unspecified atom stereocenters. The lowest BCUT2D eigenvalue weighted by Crippen LogP contribution is -2.14. The Kier molecular flexibility index (Phi) is 17.0. The highest BCUT2D eigenvalue weighted by Gasteiger charge is 2.10. The molecule has 0 amide bonds. The Hall–Kier alpha value is 2.45. The molecule has 0 spiro atoms. The molecule has 0 aliphatic carbocycles. The van der Waals surface area contributed by atoms with Gasteiger partial charge >= 0.3 is 0 Å². The standard InChI is InChI=1S/C10H22S7/c11-1-3-16-9(5-13)7-15-8-10(6-14)17-4-2-12/h9-14H,1-8H2. The smallest absolute Gasteiger partial charge is 0.0226 e. The molecule has 0 nitrogen and oxygen atoms in total. The molecule has 104 valence electrons. The molecule has 0 aliphatic rings. The molecular weight excluding hydrogens is 345 g/mol. The van der Waals surface area contributed by atoms with E-state index in [1.165, 1.54) is 11.5 Å². The zero-order valence-corrected chi connectivity index (χ0v) is 15.9. The van der Waals surface area contributed by atoms with Gasteiger partial charge in [-0.1, -0.05) is 0 Å². The highest BCUT2D eigenvalue weighted by atomic mass is 32.2. The molecule has 0 saturated heterocycles. The van der Waals surface area contributed by atoms with E-state index in [1.54, 1.807) is 0 Å². The van der Waals surface area contributed by atoms with E-state index < -0.39 is 0 Å². The van der Waals surface area contributed by atoms with Gasteiger partial charge in [0.25, 0.3) is 0 Å². The van der Waals surface area contributed by atoms with Crippen molar-refractivity contribution in [1.82, 2.24) is 0 Å². The van der Waals surface area contributed by atoms with Crippen LogP contribution in [0.5, 0.6) is 0 Å². The maximum absolute atomic E-state index is 4.40. The first-order valence-electron chi connectivity index (χ1n) is 5.52. The summed E-state index contributed by atoms with van der Waals surface area (Å²) in [6.07, 6.45) is 0. The van der Waals surface area contributed by atoms with E-state index in [4.69, 9.17) is 0 Å². The minimum absolute atomic E-state index is 0.658.